The summed E-state index contributed by atoms with van der Waals surface area (Å²) in [5.74, 6) is -0.197. The van der Waals surface area contributed by atoms with Crippen molar-refractivity contribution < 1.29 is 23.4 Å². The second-order valence-electron chi connectivity index (χ2n) is 9.95. The van der Waals surface area contributed by atoms with Crippen molar-refractivity contribution in [2.75, 3.05) is 32.8 Å². The molecule has 1 saturated carbocycles. The van der Waals surface area contributed by atoms with E-state index in [0.29, 0.717) is 25.0 Å². The summed E-state index contributed by atoms with van der Waals surface area (Å²) in [6, 6.07) is 12.8. The average Bonchev–Trinajstić information content (AvgIpc) is 3.30. The number of fused-ring (bicyclic) bond motifs is 1. The number of hydrogen-bond donors (Lipinski definition) is 1. The van der Waals surface area contributed by atoms with Crippen molar-refractivity contribution in [2.45, 2.75) is 49.9 Å². The van der Waals surface area contributed by atoms with Gasteiger partial charge in [0.1, 0.15) is 11.6 Å². The summed E-state index contributed by atoms with van der Waals surface area (Å²) in [6.07, 6.45) is 5.22. The molecule has 4 nitrogen and oxygen atoms in total. The summed E-state index contributed by atoms with van der Waals surface area (Å²) in [5, 5.41) is 11.3. The SMILES string of the molecule is OC1(c2ccc(F)cc2)CC[C@@H]2CN(CCCC3(c4ccc(F)cc4)OCCO3)CC[C@H]2C1. The fourth-order valence-corrected chi connectivity index (χ4v) is 6.09. The molecule has 0 aromatic heterocycles. The number of piperidine rings is 1. The van der Waals surface area contributed by atoms with E-state index in [1.165, 1.54) is 24.3 Å². The molecule has 0 spiro atoms. The monoisotopic (exact) mass is 457 g/mol. The molecule has 1 N–H and O–H groups in total. The predicted molar refractivity (Wildman–Crippen MR) is 121 cm³/mol. The zero-order valence-electron chi connectivity index (χ0n) is 19.0. The van der Waals surface area contributed by atoms with E-state index in [2.05, 4.69) is 4.90 Å². The van der Waals surface area contributed by atoms with Crippen LogP contribution in [0.5, 0.6) is 0 Å². The van der Waals surface area contributed by atoms with Gasteiger partial charge in [-0.3, -0.25) is 0 Å². The van der Waals surface area contributed by atoms with Crippen LogP contribution in [-0.2, 0) is 20.9 Å². The van der Waals surface area contributed by atoms with Gasteiger partial charge in [0.15, 0.2) is 5.79 Å². The minimum atomic E-state index is -0.838. The number of halogens is 2. The van der Waals surface area contributed by atoms with E-state index in [1.807, 2.05) is 0 Å². The molecule has 2 aromatic carbocycles. The molecule has 1 aliphatic carbocycles. The normalized spacial score (nSPS) is 29.7. The zero-order valence-corrected chi connectivity index (χ0v) is 19.0. The highest BCUT2D eigenvalue weighted by Crippen LogP contribution is 2.46. The molecule has 1 unspecified atom stereocenters. The lowest BCUT2D eigenvalue weighted by molar-refractivity contribution is -0.172. The third kappa shape index (κ3) is 4.85. The van der Waals surface area contributed by atoms with Crippen LogP contribution in [0.3, 0.4) is 0 Å². The minimum Gasteiger partial charge on any atom is -0.385 e. The smallest absolute Gasteiger partial charge is 0.195 e. The molecule has 0 radical (unpaired) electrons. The van der Waals surface area contributed by atoms with Gasteiger partial charge >= 0.3 is 0 Å². The maximum absolute atomic E-state index is 13.4. The third-order valence-corrected chi connectivity index (χ3v) is 7.90. The maximum atomic E-state index is 13.4. The van der Waals surface area contributed by atoms with E-state index in [4.69, 9.17) is 9.47 Å². The van der Waals surface area contributed by atoms with Gasteiger partial charge in [-0.15, -0.1) is 0 Å². The Hall–Kier alpha value is -1.86. The average molecular weight is 458 g/mol. The molecule has 3 aliphatic rings. The van der Waals surface area contributed by atoms with E-state index >= 15 is 0 Å². The lowest BCUT2D eigenvalue weighted by Crippen LogP contribution is -2.47. The second-order valence-corrected chi connectivity index (χ2v) is 9.95. The van der Waals surface area contributed by atoms with E-state index < -0.39 is 11.4 Å². The molecule has 0 amide bonds. The highest BCUT2D eigenvalue weighted by atomic mass is 19.1. The Kier molecular flexibility index (Phi) is 6.54. The van der Waals surface area contributed by atoms with E-state index in [1.54, 1.807) is 24.3 Å². The number of likely N-dealkylation sites (tertiary alicyclic amines) is 1. The molecule has 2 aromatic rings. The van der Waals surface area contributed by atoms with Crippen LogP contribution in [0.1, 0.15) is 49.7 Å². The van der Waals surface area contributed by atoms with Crippen LogP contribution in [0.25, 0.3) is 0 Å². The molecule has 0 bridgehead atoms. The first kappa shape index (κ1) is 22.9. The van der Waals surface area contributed by atoms with Crippen LogP contribution in [0.4, 0.5) is 8.78 Å². The number of rotatable bonds is 6. The summed E-state index contributed by atoms with van der Waals surface area (Å²) in [7, 11) is 0. The predicted octanol–water partition coefficient (Wildman–Crippen LogP) is 4.95. The minimum absolute atomic E-state index is 0.256. The Balaban J connectivity index is 1.15. The Morgan fingerprint density at radius 2 is 1.52 bits per heavy atom. The summed E-state index contributed by atoms with van der Waals surface area (Å²) in [5.41, 5.74) is 0.885. The number of benzene rings is 2. The summed E-state index contributed by atoms with van der Waals surface area (Å²) >= 11 is 0. The van der Waals surface area contributed by atoms with Crippen LogP contribution in [0.15, 0.2) is 48.5 Å². The second kappa shape index (κ2) is 9.41. The number of hydrogen-bond acceptors (Lipinski definition) is 4. The van der Waals surface area contributed by atoms with Gasteiger partial charge < -0.3 is 19.5 Å². The highest BCUT2D eigenvalue weighted by Gasteiger charge is 2.43. The fourth-order valence-electron chi connectivity index (χ4n) is 6.09. The van der Waals surface area contributed by atoms with E-state index in [-0.39, 0.29) is 11.6 Å². The zero-order chi connectivity index (χ0) is 22.9. The molecule has 2 heterocycles. The van der Waals surface area contributed by atoms with Crippen molar-refractivity contribution in [3.05, 3.63) is 71.3 Å². The van der Waals surface area contributed by atoms with Crippen LogP contribution in [0, 0.1) is 23.5 Å². The van der Waals surface area contributed by atoms with Crippen LogP contribution in [-0.4, -0.2) is 42.9 Å². The summed E-state index contributed by atoms with van der Waals surface area (Å²) < 4.78 is 38.7. The lowest BCUT2D eigenvalue weighted by Gasteiger charge is -2.47. The van der Waals surface area contributed by atoms with Gasteiger partial charge in [-0.25, -0.2) is 8.78 Å². The first-order valence-electron chi connectivity index (χ1n) is 12.2. The van der Waals surface area contributed by atoms with Crippen LogP contribution in [0.2, 0.25) is 0 Å². The van der Waals surface area contributed by atoms with E-state index in [0.717, 1.165) is 69.3 Å². The molecule has 6 heteroatoms. The van der Waals surface area contributed by atoms with Gasteiger partial charge in [-0.05, 0) is 86.9 Å². The molecule has 3 atom stereocenters. The van der Waals surface area contributed by atoms with Gasteiger partial charge in [0, 0.05) is 18.5 Å². The van der Waals surface area contributed by atoms with Gasteiger partial charge in [0.25, 0.3) is 0 Å². The third-order valence-electron chi connectivity index (χ3n) is 7.90. The lowest BCUT2D eigenvalue weighted by atomic mass is 9.66. The molecule has 5 rings (SSSR count). The first-order valence-corrected chi connectivity index (χ1v) is 12.2. The van der Waals surface area contributed by atoms with Crippen molar-refractivity contribution in [1.82, 2.24) is 4.90 Å². The fraction of sp³-hybridized carbons (Fsp3) is 0.556. The maximum Gasteiger partial charge on any atom is 0.195 e. The van der Waals surface area contributed by atoms with Crippen molar-refractivity contribution >= 4 is 0 Å². The standard InChI is InChI=1S/C27H33F2NO3/c28-24-6-2-22(3-7-24)26(31)13-10-21-19-30(15-11-20(21)18-26)14-1-12-27(32-16-17-33-27)23-4-8-25(29)9-5-23/h2-9,20-21,31H,1,10-19H2/t20-,21+,26?/m0/s1. The van der Waals surface area contributed by atoms with Crippen LogP contribution >= 0.6 is 0 Å². The quantitative estimate of drug-likeness (QED) is 0.666. The Morgan fingerprint density at radius 1 is 0.879 bits per heavy atom. The molecule has 2 aliphatic heterocycles. The Labute approximate surface area is 194 Å². The number of nitrogens with zero attached hydrogens (tertiary/aromatic N) is 1. The van der Waals surface area contributed by atoms with E-state index in [9.17, 15) is 13.9 Å². The molecule has 2 saturated heterocycles. The topological polar surface area (TPSA) is 41.9 Å². The van der Waals surface area contributed by atoms with Crippen molar-refractivity contribution in [2.24, 2.45) is 11.8 Å². The number of ether oxygens (including phenoxy) is 2. The largest absolute Gasteiger partial charge is 0.385 e. The molecular weight excluding hydrogens is 424 g/mol. The van der Waals surface area contributed by atoms with Crippen LogP contribution < -0.4 is 0 Å². The van der Waals surface area contributed by atoms with Gasteiger partial charge in [0.05, 0.1) is 18.8 Å². The van der Waals surface area contributed by atoms with Gasteiger partial charge in [0.2, 0.25) is 0 Å². The van der Waals surface area contributed by atoms with Gasteiger partial charge in [-0.2, -0.15) is 0 Å². The summed E-state index contributed by atoms with van der Waals surface area (Å²) in [6.45, 7) is 4.16. The van der Waals surface area contributed by atoms with Crippen molar-refractivity contribution in [3.8, 4) is 0 Å². The summed E-state index contributed by atoms with van der Waals surface area (Å²) in [4.78, 5) is 2.52. The Bertz CT molecular complexity index is 929. The first-order chi connectivity index (χ1) is 16.0. The Morgan fingerprint density at radius 3 is 2.18 bits per heavy atom. The number of aliphatic hydroxyl groups is 1. The molecule has 33 heavy (non-hydrogen) atoms. The highest BCUT2D eigenvalue weighted by molar-refractivity contribution is 5.24. The van der Waals surface area contributed by atoms with Crippen molar-refractivity contribution in [3.63, 3.8) is 0 Å². The molecule has 3 fully saturated rings. The molecule has 178 valence electrons. The molecular formula is C27H33F2NO3. The van der Waals surface area contributed by atoms with Crippen molar-refractivity contribution in [1.29, 1.82) is 0 Å². The van der Waals surface area contributed by atoms with Gasteiger partial charge in [-0.1, -0.05) is 24.3 Å².